The lowest BCUT2D eigenvalue weighted by atomic mass is 10.3. The van der Waals surface area contributed by atoms with Gasteiger partial charge in [0.2, 0.25) is 0 Å². The number of ether oxygens (including phenoxy) is 2. The molecular formula is C14H11BrN2O2S. The predicted octanol–water partition coefficient (Wildman–Crippen LogP) is 4.22. The van der Waals surface area contributed by atoms with Gasteiger partial charge in [0.15, 0.2) is 11.5 Å². The van der Waals surface area contributed by atoms with Crippen molar-refractivity contribution in [1.82, 2.24) is 9.97 Å². The summed E-state index contributed by atoms with van der Waals surface area (Å²) >= 11 is 5.12. The number of rotatable bonds is 1. The molecule has 0 amide bonds. The summed E-state index contributed by atoms with van der Waals surface area (Å²) in [7, 11) is 0. The molecule has 1 aliphatic rings. The van der Waals surface area contributed by atoms with E-state index >= 15 is 0 Å². The molecule has 6 heteroatoms. The van der Waals surface area contributed by atoms with Gasteiger partial charge in [0.25, 0.3) is 0 Å². The SMILES string of the molecule is Brc1ccc(-c2nc3cc4c(cc3[nH]2)OCCCO4)s1. The van der Waals surface area contributed by atoms with Crippen LogP contribution in [0.1, 0.15) is 6.42 Å². The minimum absolute atomic E-state index is 0.688. The molecule has 0 unspecified atom stereocenters. The Morgan fingerprint density at radius 2 is 1.95 bits per heavy atom. The maximum absolute atomic E-state index is 5.70. The normalized spacial score (nSPS) is 14.4. The summed E-state index contributed by atoms with van der Waals surface area (Å²) in [5.74, 6) is 2.44. The molecule has 0 saturated heterocycles. The molecule has 0 fully saturated rings. The van der Waals surface area contributed by atoms with Crippen molar-refractivity contribution >= 4 is 38.3 Å². The van der Waals surface area contributed by atoms with E-state index in [9.17, 15) is 0 Å². The van der Waals surface area contributed by atoms with Crippen LogP contribution in [0.4, 0.5) is 0 Å². The molecule has 0 bridgehead atoms. The molecule has 0 radical (unpaired) electrons. The van der Waals surface area contributed by atoms with Crippen LogP contribution in [-0.4, -0.2) is 23.2 Å². The number of hydrogen-bond acceptors (Lipinski definition) is 4. The molecule has 1 aliphatic heterocycles. The summed E-state index contributed by atoms with van der Waals surface area (Å²) in [5, 5.41) is 0. The van der Waals surface area contributed by atoms with E-state index in [2.05, 4.69) is 25.9 Å². The van der Waals surface area contributed by atoms with Crippen molar-refractivity contribution in [3.05, 3.63) is 28.1 Å². The molecule has 1 aromatic carbocycles. The van der Waals surface area contributed by atoms with Crippen molar-refractivity contribution < 1.29 is 9.47 Å². The quantitative estimate of drug-likeness (QED) is 0.714. The van der Waals surface area contributed by atoms with E-state index in [1.807, 2.05) is 24.3 Å². The molecule has 4 rings (SSSR count). The van der Waals surface area contributed by atoms with Gasteiger partial charge in [-0.25, -0.2) is 4.98 Å². The number of thiophene rings is 1. The number of aromatic amines is 1. The second-order valence-electron chi connectivity index (χ2n) is 4.56. The number of hydrogen-bond donors (Lipinski definition) is 1. The van der Waals surface area contributed by atoms with Crippen LogP contribution in [-0.2, 0) is 0 Å². The fraction of sp³-hybridized carbons (Fsp3) is 0.214. The molecule has 0 spiro atoms. The van der Waals surface area contributed by atoms with Gasteiger partial charge in [-0.2, -0.15) is 0 Å². The van der Waals surface area contributed by atoms with Gasteiger partial charge in [-0.15, -0.1) is 11.3 Å². The highest BCUT2D eigenvalue weighted by atomic mass is 79.9. The zero-order valence-corrected chi connectivity index (χ0v) is 12.9. The third kappa shape index (κ3) is 2.09. The topological polar surface area (TPSA) is 47.1 Å². The van der Waals surface area contributed by atoms with Crippen molar-refractivity contribution in [2.75, 3.05) is 13.2 Å². The van der Waals surface area contributed by atoms with E-state index in [1.165, 1.54) is 0 Å². The number of aromatic nitrogens is 2. The number of nitrogens with one attached hydrogen (secondary N) is 1. The summed E-state index contributed by atoms with van der Waals surface area (Å²) in [6.07, 6.45) is 0.907. The highest BCUT2D eigenvalue weighted by Gasteiger charge is 2.15. The second kappa shape index (κ2) is 4.79. The van der Waals surface area contributed by atoms with Crippen LogP contribution in [0.5, 0.6) is 11.5 Å². The molecule has 20 heavy (non-hydrogen) atoms. The van der Waals surface area contributed by atoms with Crippen LogP contribution in [0.25, 0.3) is 21.7 Å². The number of nitrogens with zero attached hydrogens (tertiary/aromatic N) is 1. The Morgan fingerprint density at radius 3 is 2.70 bits per heavy atom. The fourth-order valence-corrected chi connectivity index (χ4v) is 3.56. The molecule has 1 N–H and O–H groups in total. The van der Waals surface area contributed by atoms with Crippen LogP contribution in [0.2, 0.25) is 0 Å². The highest BCUT2D eigenvalue weighted by molar-refractivity contribution is 9.11. The summed E-state index contributed by atoms with van der Waals surface area (Å²) in [5.41, 5.74) is 1.86. The Balaban J connectivity index is 1.83. The van der Waals surface area contributed by atoms with Crippen molar-refractivity contribution in [3.63, 3.8) is 0 Å². The van der Waals surface area contributed by atoms with Gasteiger partial charge < -0.3 is 14.5 Å². The summed E-state index contributed by atoms with van der Waals surface area (Å²) in [4.78, 5) is 9.07. The molecule has 0 aliphatic carbocycles. The Kier molecular flexibility index (Phi) is 2.93. The van der Waals surface area contributed by atoms with Crippen LogP contribution in [0, 0.1) is 0 Å². The molecule has 4 nitrogen and oxygen atoms in total. The van der Waals surface area contributed by atoms with E-state index < -0.39 is 0 Å². The average Bonchev–Trinajstić information content (AvgIpc) is 2.97. The second-order valence-corrected chi connectivity index (χ2v) is 7.02. The zero-order valence-electron chi connectivity index (χ0n) is 10.5. The van der Waals surface area contributed by atoms with E-state index in [4.69, 9.17) is 9.47 Å². The van der Waals surface area contributed by atoms with Gasteiger partial charge in [-0.05, 0) is 28.1 Å². The molecule has 102 valence electrons. The molecule has 2 aromatic heterocycles. The van der Waals surface area contributed by atoms with Crippen LogP contribution >= 0.6 is 27.3 Å². The fourth-order valence-electron chi connectivity index (χ4n) is 2.22. The highest BCUT2D eigenvalue weighted by Crippen LogP contribution is 2.36. The summed E-state index contributed by atoms with van der Waals surface area (Å²) in [6.45, 7) is 1.38. The lowest BCUT2D eigenvalue weighted by Crippen LogP contribution is -1.97. The number of fused-ring (bicyclic) bond motifs is 2. The van der Waals surface area contributed by atoms with Crippen LogP contribution in [0.3, 0.4) is 0 Å². The predicted molar refractivity (Wildman–Crippen MR) is 82.7 cm³/mol. The maximum atomic E-state index is 5.70. The van der Waals surface area contributed by atoms with Crippen molar-refractivity contribution in [3.8, 4) is 22.2 Å². The molecule has 3 aromatic rings. The number of halogens is 1. The van der Waals surface area contributed by atoms with Gasteiger partial charge in [0.05, 0.1) is 32.9 Å². The van der Waals surface area contributed by atoms with Crippen molar-refractivity contribution in [2.24, 2.45) is 0 Å². The Morgan fingerprint density at radius 1 is 1.15 bits per heavy atom. The lowest BCUT2D eigenvalue weighted by molar-refractivity contribution is 0.297. The Labute approximate surface area is 127 Å². The molecular weight excluding hydrogens is 340 g/mol. The van der Waals surface area contributed by atoms with E-state index in [0.717, 1.165) is 43.4 Å². The van der Waals surface area contributed by atoms with Crippen molar-refractivity contribution in [1.29, 1.82) is 0 Å². The van der Waals surface area contributed by atoms with Gasteiger partial charge in [-0.3, -0.25) is 0 Å². The van der Waals surface area contributed by atoms with Gasteiger partial charge >= 0.3 is 0 Å². The lowest BCUT2D eigenvalue weighted by Gasteiger charge is -2.05. The Hall–Kier alpha value is -1.53. The largest absolute Gasteiger partial charge is 0.489 e. The van der Waals surface area contributed by atoms with Crippen LogP contribution < -0.4 is 9.47 Å². The number of benzene rings is 1. The molecule has 3 heterocycles. The van der Waals surface area contributed by atoms with Crippen LogP contribution in [0.15, 0.2) is 28.1 Å². The summed E-state index contributed by atoms with van der Waals surface area (Å²) < 4.78 is 12.5. The average molecular weight is 351 g/mol. The first-order valence-electron chi connectivity index (χ1n) is 6.35. The maximum Gasteiger partial charge on any atom is 0.163 e. The third-order valence-corrected chi connectivity index (χ3v) is 4.79. The van der Waals surface area contributed by atoms with E-state index in [-0.39, 0.29) is 0 Å². The monoisotopic (exact) mass is 350 g/mol. The third-order valence-electron chi connectivity index (χ3n) is 3.16. The van der Waals surface area contributed by atoms with Gasteiger partial charge in [-0.1, -0.05) is 0 Å². The zero-order chi connectivity index (χ0) is 13.5. The molecule has 0 atom stereocenters. The van der Waals surface area contributed by atoms with Gasteiger partial charge in [0.1, 0.15) is 5.82 Å². The summed E-state index contributed by atoms with van der Waals surface area (Å²) in [6, 6.07) is 7.98. The van der Waals surface area contributed by atoms with E-state index in [1.54, 1.807) is 11.3 Å². The minimum Gasteiger partial charge on any atom is -0.489 e. The number of H-pyrrole nitrogens is 1. The minimum atomic E-state index is 0.688. The first-order chi connectivity index (χ1) is 9.79. The smallest absolute Gasteiger partial charge is 0.163 e. The van der Waals surface area contributed by atoms with E-state index in [0.29, 0.717) is 13.2 Å². The molecule has 0 saturated carbocycles. The van der Waals surface area contributed by atoms with Gasteiger partial charge in [0, 0.05) is 18.6 Å². The number of imidazole rings is 1. The first-order valence-corrected chi connectivity index (χ1v) is 7.95. The standard InChI is InChI=1S/C14H11BrN2O2S/c15-13-3-2-12(20-13)14-16-8-6-10-11(7-9(8)17-14)19-5-1-4-18-10/h2-3,6-7H,1,4-5H2,(H,16,17). The van der Waals surface area contributed by atoms with Crippen molar-refractivity contribution in [2.45, 2.75) is 6.42 Å². The first kappa shape index (κ1) is 12.2. The Bertz CT molecular complexity index is 738.